The van der Waals surface area contributed by atoms with Gasteiger partial charge in [0.15, 0.2) is 0 Å². The van der Waals surface area contributed by atoms with Crippen molar-refractivity contribution in [3.8, 4) is 6.07 Å². The van der Waals surface area contributed by atoms with E-state index in [1.807, 2.05) is 32.0 Å². The van der Waals surface area contributed by atoms with Gasteiger partial charge in [-0.25, -0.2) is 0 Å². The van der Waals surface area contributed by atoms with Gasteiger partial charge in [-0.3, -0.25) is 0 Å². The van der Waals surface area contributed by atoms with Crippen molar-refractivity contribution in [3.05, 3.63) is 34.9 Å². The Morgan fingerprint density at radius 2 is 2.00 bits per heavy atom. The zero-order valence-corrected chi connectivity index (χ0v) is 8.94. The Bertz CT molecular complexity index is 382. The Morgan fingerprint density at radius 3 is 2.60 bits per heavy atom. The van der Waals surface area contributed by atoms with Gasteiger partial charge >= 0.3 is 0 Å². The molecule has 0 saturated heterocycles. The Balaban J connectivity index is 2.96. The molecule has 3 heteroatoms. The van der Waals surface area contributed by atoms with Gasteiger partial charge in [-0.15, -0.1) is 0 Å². The van der Waals surface area contributed by atoms with E-state index in [1.165, 1.54) is 0 Å². The van der Waals surface area contributed by atoms with Crippen LogP contribution in [-0.4, -0.2) is 16.3 Å². The summed E-state index contributed by atoms with van der Waals surface area (Å²) in [7, 11) is 0. The molecule has 0 heterocycles. The number of benzene rings is 1. The summed E-state index contributed by atoms with van der Waals surface area (Å²) in [6.45, 7) is 3.84. The Kier molecular flexibility index (Phi) is 3.84. The van der Waals surface area contributed by atoms with Crippen molar-refractivity contribution in [2.45, 2.75) is 32.5 Å². The average molecular weight is 205 g/mol. The Morgan fingerprint density at radius 1 is 1.33 bits per heavy atom. The SMILES string of the molecule is Cc1cccc(C(O)C(O)CC#N)c1C. The van der Waals surface area contributed by atoms with E-state index in [4.69, 9.17) is 5.26 Å². The number of nitrogens with zero attached hydrogens (tertiary/aromatic N) is 1. The van der Waals surface area contributed by atoms with Crippen LogP contribution in [0.25, 0.3) is 0 Å². The van der Waals surface area contributed by atoms with Crippen molar-refractivity contribution in [3.63, 3.8) is 0 Å². The molecular weight excluding hydrogens is 190 g/mol. The number of hydrogen-bond donors (Lipinski definition) is 2. The lowest BCUT2D eigenvalue weighted by Gasteiger charge is -2.18. The minimum absolute atomic E-state index is 0.0610. The third-order valence-electron chi connectivity index (χ3n) is 2.63. The average Bonchev–Trinajstić information content (AvgIpc) is 2.21. The van der Waals surface area contributed by atoms with Gasteiger partial charge in [0.1, 0.15) is 6.10 Å². The van der Waals surface area contributed by atoms with Crippen molar-refractivity contribution in [1.29, 1.82) is 5.26 Å². The highest BCUT2D eigenvalue weighted by Gasteiger charge is 2.19. The first-order valence-corrected chi connectivity index (χ1v) is 4.87. The van der Waals surface area contributed by atoms with Gasteiger partial charge in [0.2, 0.25) is 0 Å². The first-order valence-electron chi connectivity index (χ1n) is 4.87. The fraction of sp³-hybridized carbons (Fsp3) is 0.417. The maximum atomic E-state index is 9.82. The molecule has 0 aliphatic heterocycles. The molecule has 0 aliphatic carbocycles. The van der Waals surface area contributed by atoms with Crippen LogP contribution in [0.5, 0.6) is 0 Å². The van der Waals surface area contributed by atoms with Crippen molar-refractivity contribution >= 4 is 0 Å². The third kappa shape index (κ3) is 2.56. The molecule has 3 nitrogen and oxygen atoms in total. The summed E-state index contributed by atoms with van der Waals surface area (Å²) in [6, 6.07) is 7.39. The van der Waals surface area contributed by atoms with Crippen molar-refractivity contribution in [2.24, 2.45) is 0 Å². The molecule has 2 atom stereocenters. The van der Waals surface area contributed by atoms with Crippen molar-refractivity contribution in [1.82, 2.24) is 0 Å². The molecule has 0 radical (unpaired) electrons. The predicted molar refractivity (Wildman–Crippen MR) is 57.1 cm³/mol. The normalized spacial score (nSPS) is 14.3. The van der Waals surface area contributed by atoms with Crippen LogP contribution in [0.1, 0.15) is 29.2 Å². The smallest absolute Gasteiger partial charge is 0.106 e. The number of rotatable bonds is 3. The van der Waals surface area contributed by atoms with E-state index in [0.717, 1.165) is 11.1 Å². The summed E-state index contributed by atoms with van der Waals surface area (Å²) in [4.78, 5) is 0. The fourth-order valence-electron chi connectivity index (χ4n) is 1.51. The number of nitriles is 1. The van der Waals surface area contributed by atoms with Gasteiger partial charge in [-0.1, -0.05) is 18.2 Å². The van der Waals surface area contributed by atoms with Crippen LogP contribution in [0.3, 0.4) is 0 Å². The molecule has 80 valence electrons. The molecule has 0 aliphatic rings. The molecule has 1 aromatic carbocycles. The second-order valence-corrected chi connectivity index (χ2v) is 3.66. The quantitative estimate of drug-likeness (QED) is 0.788. The zero-order chi connectivity index (χ0) is 11.4. The van der Waals surface area contributed by atoms with E-state index in [1.54, 1.807) is 6.07 Å². The lowest BCUT2D eigenvalue weighted by molar-refractivity contribution is 0.0212. The highest BCUT2D eigenvalue weighted by Crippen LogP contribution is 2.24. The molecule has 0 saturated carbocycles. The number of aliphatic hydroxyl groups excluding tert-OH is 2. The van der Waals surface area contributed by atoms with Crippen LogP contribution >= 0.6 is 0 Å². The highest BCUT2D eigenvalue weighted by molar-refractivity contribution is 5.35. The van der Waals surface area contributed by atoms with Crippen LogP contribution in [0.4, 0.5) is 0 Å². The maximum Gasteiger partial charge on any atom is 0.106 e. The molecule has 15 heavy (non-hydrogen) atoms. The number of aliphatic hydroxyl groups is 2. The maximum absolute atomic E-state index is 9.82. The molecule has 2 unspecified atom stereocenters. The van der Waals surface area contributed by atoms with Gasteiger partial charge in [0, 0.05) is 0 Å². The highest BCUT2D eigenvalue weighted by atomic mass is 16.3. The minimum atomic E-state index is -1.02. The second kappa shape index (κ2) is 4.92. The lowest BCUT2D eigenvalue weighted by Crippen LogP contribution is -2.18. The van der Waals surface area contributed by atoms with E-state index in [-0.39, 0.29) is 6.42 Å². The second-order valence-electron chi connectivity index (χ2n) is 3.66. The topological polar surface area (TPSA) is 64.2 Å². The molecule has 2 N–H and O–H groups in total. The van der Waals surface area contributed by atoms with Crippen molar-refractivity contribution < 1.29 is 10.2 Å². The van der Waals surface area contributed by atoms with Crippen molar-refractivity contribution in [2.75, 3.05) is 0 Å². The molecule has 1 rings (SSSR count). The van der Waals surface area contributed by atoms with E-state index < -0.39 is 12.2 Å². The third-order valence-corrected chi connectivity index (χ3v) is 2.63. The van der Waals surface area contributed by atoms with E-state index in [0.29, 0.717) is 5.56 Å². The Hall–Kier alpha value is -1.37. The lowest BCUT2D eigenvalue weighted by atomic mass is 9.95. The van der Waals surface area contributed by atoms with E-state index in [9.17, 15) is 10.2 Å². The summed E-state index contributed by atoms with van der Waals surface area (Å²) < 4.78 is 0. The fourth-order valence-corrected chi connectivity index (χ4v) is 1.51. The van der Waals surface area contributed by atoms with E-state index >= 15 is 0 Å². The van der Waals surface area contributed by atoms with Gasteiger partial charge in [-0.2, -0.15) is 5.26 Å². The van der Waals surface area contributed by atoms with Crippen LogP contribution in [-0.2, 0) is 0 Å². The molecule has 0 bridgehead atoms. The summed E-state index contributed by atoms with van der Waals surface area (Å²) in [6.07, 6.45) is -2.06. The molecule has 1 aromatic rings. The van der Waals surface area contributed by atoms with Gasteiger partial charge < -0.3 is 10.2 Å². The number of hydrogen-bond acceptors (Lipinski definition) is 3. The minimum Gasteiger partial charge on any atom is -0.389 e. The zero-order valence-electron chi connectivity index (χ0n) is 8.94. The first-order chi connectivity index (χ1) is 7.07. The van der Waals surface area contributed by atoms with Crippen LogP contribution in [0.15, 0.2) is 18.2 Å². The summed E-state index contributed by atoms with van der Waals surface area (Å²) in [5, 5.41) is 27.8. The van der Waals surface area contributed by atoms with E-state index in [2.05, 4.69) is 0 Å². The van der Waals surface area contributed by atoms with Crippen LogP contribution in [0, 0.1) is 25.2 Å². The largest absolute Gasteiger partial charge is 0.389 e. The molecule has 0 amide bonds. The van der Waals surface area contributed by atoms with Crippen LogP contribution in [0.2, 0.25) is 0 Å². The van der Waals surface area contributed by atoms with Crippen LogP contribution < -0.4 is 0 Å². The molecule has 0 spiro atoms. The standard InChI is InChI=1S/C12H15NO2/c1-8-4-3-5-10(9(8)2)12(15)11(14)6-7-13/h3-5,11-12,14-15H,6H2,1-2H3. The van der Waals surface area contributed by atoms with Gasteiger partial charge in [0.25, 0.3) is 0 Å². The first kappa shape index (κ1) is 11.7. The predicted octanol–water partition coefficient (Wildman–Crippen LogP) is 1.61. The molecule has 0 aromatic heterocycles. The van der Waals surface area contributed by atoms with Gasteiger partial charge in [-0.05, 0) is 30.5 Å². The molecule has 0 fully saturated rings. The Labute approximate surface area is 89.6 Å². The summed E-state index contributed by atoms with van der Waals surface area (Å²) in [5.74, 6) is 0. The molecular formula is C12H15NO2. The van der Waals surface area contributed by atoms with Gasteiger partial charge in [0.05, 0.1) is 18.6 Å². The number of aryl methyl sites for hydroxylation is 1. The monoisotopic (exact) mass is 205 g/mol. The summed E-state index contributed by atoms with van der Waals surface area (Å²) in [5.41, 5.74) is 2.72. The summed E-state index contributed by atoms with van der Waals surface area (Å²) >= 11 is 0.